The molecular formula is C30H34N4O4S. The van der Waals surface area contributed by atoms with Gasteiger partial charge in [-0.1, -0.05) is 30.4 Å². The number of rotatable bonds is 9. The number of benzene rings is 3. The molecule has 0 bridgehead atoms. The number of carbonyl (C=O) groups excluding carboxylic acids is 1. The summed E-state index contributed by atoms with van der Waals surface area (Å²) in [5, 5.41) is 0. The topological polar surface area (TPSA) is 91.3 Å². The Morgan fingerprint density at radius 2 is 1.72 bits per heavy atom. The van der Waals surface area contributed by atoms with E-state index < -0.39 is 10.0 Å². The summed E-state index contributed by atoms with van der Waals surface area (Å²) in [4.78, 5) is 21.2. The summed E-state index contributed by atoms with van der Waals surface area (Å²) in [6.07, 6.45) is 3.69. The van der Waals surface area contributed by atoms with Crippen LogP contribution in [0.15, 0.2) is 82.7 Å². The van der Waals surface area contributed by atoms with Crippen LogP contribution in [0, 0.1) is 0 Å². The largest absolute Gasteiger partial charge is 0.491 e. The quantitative estimate of drug-likeness (QED) is 0.353. The zero-order valence-electron chi connectivity index (χ0n) is 22.5. The molecule has 8 nitrogen and oxygen atoms in total. The third-order valence-corrected chi connectivity index (χ3v) is 7.74. The highest BCUT2D eigenvalue weighted by molar-refractivity contribution is 7.92. The Balaban J connectivity index is 1.40. The molecule has 1 amide bonds. The summed E-state index contributed by atoms with van der Waals surface area (Å²) in [7, 11) is -3.92. The Morgan fingerprint density at radius 1 is 1.03 bits per heavy atom. The molecule has 204 valence electrons. The SMILES string of the molecule is C=Nc1c(/C=C\C)cccc1S(=O)(=O)Nc1ccc(C(=O)N2CCN(c3cccc(OC(C)C)c3)CC2)cc1. The van der Waals surface area contributed by atoms with Crippen molar-refractivity contribution in [1.82, 2.24) is 4.90 Å². The summed E-state index contributed by atoms with van der Waals surface area (Å²) in [6, 6.07) is 19.4. The maximum Gasteiger partial charge on any atom is 0.264 e. The molecule has 39 heavy (non-hydrogen) atoms. The van der Waals surface area contributed by atoms with Crippen molar-refractivity contribution in [2.45, 2.75) is 31.8 Å². The number of allylic oxidation sites excluding steroid dienone is 1. The number of nitrogens with one attached hydrogen (secondary N) is 1. The number of hydrogen-bond donors (Lipinski definition) is 1. The average Bonchev–Trinajstić information content (AvgIpc) is 2.93. The lowest BCUT2D eigenvalue weighted by atomic mass is 10.1. The number of sulfonamides is 1. The van der Waals surface area contributed by atoms with Crippen LogP contribution in [0.2, 0.25) is 0 Å². The molecular weight excluding hydrogens is 512 g/mol. The van der Waals surface area contributed by atoms with E-state index in [4.69, 9.17) is 4.74 Å². The molecule has 1 N–H and O–H groups in total. The monoisotopic (exact) mass is 546 g/mol. The van der Waals surface area contributed by atoms with Gasteiger partial charge in [-0.05, 0) is 70.0 Å². The molecule has 0 unspecified atom stereocenters. The molecule has 3 aromatic carbocycles. The predicted octanol–water partition coefficient (Wildman–Crippen LogP) is 5.60. The molecule has 1 aliphatic rings. The molecule has 0 spiro atoms. The maximum absolute atomic E-state index is 13.1. The number of amides is 1. The number of para-hydroxylation sites is 1. The Bertz CT molecular complexity index is 1460. The highest BCUT2D eigenvalue weighted by Crippen LogP contribution is 2.31. The van der Waals surface area contributed by atoms with Crippen molar-refractivity contribution < 1.29 is 17.9 Å². The smallest absolute Gasteiger partial charge is 0.264 e. The Morgan fingerprint density at radius 3 is 2.36 bits per heavy atom. The molecule has 0 aromatic heterocycles. The number of anilines is 2. The number of ether oxygens (including phenoxy) is 1. The van der Waals surface area contributed by atoms with E-state index in [1.807, 2.05) is 49.9 Å². The van der Waals surface area contributed by atoms with Crippen LogP contribution in [0.3, 0.4) is 0 Å². The van der Waals surface area contributed by atoms with Crippen molar-refractivity contribution in [3.63, 3.8) is 0 Å². The van der Waals surface area contributed by atoms with Gasteiger partial charge in [-0.25, -0.2) is 8.42 Å². The number of piperazine rings is 1. The Hall–Kier alpha value is -4.11. The lowest BCUT2D eigenvalue weighted by molar-refractivity contribution is 0.0746. The first-order chi connectivity index (χ1) is 18.7. The molecule has 1 heterocycles. The predicted molar refractivity (Wildman–Crippen MR) is 158 cm³/mol. The second-order valence-electron chi connectivity index (χ2n) is 9.48. The number of hydrogen-bond acceptors (Lipinski definition) is 6. The Kier molecular flexibility index (Phi) is 8.71. The molecule has 1 saturated heterocycles. The molecule has 0 aliphatic carbocycles. The van der Waals surface area contributed by atoms with Crippen molar-refractivity contribution in [1.29, 1.82) is 0 Å². The van der Waals surface area contributed by atoms with Crippen molar-refractivity contribution in [2.75, 3.05) is 35.8 Å². The zero-order valence-corrected chi connectivity index (χ0v) is 23.3. The molecule has 4 rings (SSSR count). The summed E-state index contributed by atoms with van der Waals surface area (Å²) >= 11 is 0. The fourth-order valence-electron chi connectivity index (χ4n) is 4.51. The van der Waals surface area contributed by atoms with Crippen LogP contribution in [0.1, 0.15) is 36.7 Å². The fraction of sp³-hybridized carbons (Fsp3) is 0.267. The summed E-state index contributed by atoms with van der Waals surface area (Å²) in [6.45, 7) is 12.0. The third kappa shape index (κ3) is 6.67. The van der Waals surface area contributed by atoms with Crippen LogP contribution in [0.25, 0.3) is 6.08 Å². The van der Waals surface area contributed by atoms with E-state index in [1.165, 1.54) is 6.07 Å². The van der Waals surface area contributed by atoms with Crippen molar-refractivity contribution in [3.8, 4) is 5.75 Å². The van der Waals surface area contributed by atoms with Gasteiger partial charge in [-0.15, -0.1) is 0 Å². The minimum absolute atomic E-state index is 0.0347. The van der Waals surface area contributed by atoms with E-state index in [1.54, 1.807) is 42.5 Å². The second kappa shape index (κ2) is 12.2. The van der Waals surface area contributed by atoms with E-state index in [0.717, 1.165) is 11.4 Å². The summed E-state index contributed by atoms with van der Waals surface area (Å²) in [5.74, 6) is 0.748. The number of carbonyl (C=O) groups is 1. The van der Waals surface area contributed by atoms with E-state index in [2.05, 4.69) is 27.4 Å². The van der Waals surface area contributed by atoms with Gasteiger partial charge >= 0.3 is 0 Å². The molecule has 1 aliphatic heterocycles. The first-order valence-corrected chi connectivity index (χ1v) is 14.4. The molecule has 0 radical (unpaired) electrons. The molecule has 9 heteroatoms. The number of nitrogens with zero attached hydrogens (tertiary/aromatic N) is 3. The summed E-state index contributed by atoms with van der Waals surface area (Å²) < 4.78 is 34.6. The van der Waals surface area contributed by atoms with Gasteiger partial charge in [0.2, 0.25) is 0 Å². The lowest BCUT2D eigenvalue weighted by Gasteiger charge is -2.36. The van der Waals surface area contributed by atoms with E-state index in [-0.39, 0.29) is 22.6 Å². The van der Waals surface area contributed by atoms with E-state index in [9.17, 15) is 13.2 Å². The van der Waals surface area contributed by atoms with Crippen LogP contribution in [-0.2, 0) is 10.0 Å². The van der Waals surface area contributed by atoms with Gasteiger partial charge < -0.3 is 14.5 Å². The first kappa shape index (κ1) is 27.9. The van der Waals surface area contributed by atoms with Gasteiger partial charge in [0.1, 0.15) is 10.6 Å². The average molecular weight is 547 g/mol. The lowest BCUT2D eigenvalue weighted by Crippen LogP contribution is -2.48. The molecule has 3 aromatic rings. The summed E-state index contributed by atoms with van der Waals surface area (Å²) in [5.41, 5.74) is 2.87. The highest BCUT2D eigenvalue weighted by Gasteiger charge is 2.24. The third-order valence-electron chi connectivity index (χ3n) is 6.33. The highest BCUT2D eigenvalue weighted by atomic mass is 32.2. The normalized spacial score (nSPS) is 14.1. The van der Waals surface area contributed by atoms with Crippen LogP contribution in [0.4, 0.5) is 17.1 Å². The van der Waals surface area contributed by atoms with Crippen LogP contribution in [-0.4, -0.2) is 58.2 Å². The molecule has 0 saturated carbocycles. The van der Waals surface area contributed by atoms with Crippen molar-refractivity contribution >= 4 is 45.8 Å². The Labute approximate surface area is 230 Å². The standard InChI is InChI=1S/C30H34N4O4S/c1-5-8-23-9-6-12-28(29(23)31-4)39(36,37)32-25-15-13-24(14-16-25)30(35)34-19-17-33(18-20-34)26-10-7-11-27(21-26)38-22(2)3/h5-16,21-22,32H,4,17-20H2,1-3H3/b8-5-. The maximum atomic E-state index is 13.1. The van der Waals surface area contributed by atoms with Crippen LogP contribution < -0.4 is 14.4 Å². The van der Waals surface area contributed by atoms with Gasteiger partial charge in [0.15, 0.2) is 0 Å². The number of aliphatic imine (C=N–C) groups is 1. The van der Waals surface area contributed by atoms with Crippen molar-refractivity contribution in [2.24, 2.45) is 4.99 Å². The fourth-order valence-corrected chi connectivity index (χ4v) is 5.76. The van der Waals surface area contributed by atoms with Gasteiger partial charge in [-0.3, -0.25) is 14.5 Å². The minimum Gasteiger partial charge on any atom is -0.491 e. The van der Waals surface area contributed by atoms with Gasteiger partial charge in [0, 0.05) is 54.7 Å². The molecule has 1 fully saturated rings. The van der Waals surface area contributed by atoms with Crippen molar-refractivity contribution in [3.05, 3.63) is 83.9 Å². The minimum atomic E-state index is -3.92. The van der Waals surface area contributed by atoms with E-state index >= 15 is 0 Å². The van der Waals surface area contributed by atoms with Gasteiger partial charge in [0.25, 0.3) is 15.9 Å². The zero-order chi connectivity index (χ0) is 28.0. The van der Waals surface area contributed by atoms with Crippen LogP contribution in [0.5, 0.6) is 5.75 Å². The van der Waals surface area contributed by atoms with Gasteiger partial charge in [0.05, 0.1) is 11.8 Å². The molecule has 0 atom stereocenters. The second-order valence-corrected chi connectivity index (χ2v) is 11.1. The first-order valence-electron chi connectivity index (χ1n) is 12.9. The van der Waals surface area contributed by atoms with E-state index in [0.29, 0.717) is 43.0 Å². The van der Waals surface area contributed by atoms with Crippen LogP contribution >= 0.6 is 0 Å². The van der Waals surface area contributed by atoms with Gasteiger partial charge in [-0.2, -0.15) is 0 Å².